The molecule has 3 aromatic carbocycles. The summed E-state index contributed by atoms with van der Waals surface area (Å²) in [6, 6.07) is 29.1. The average molecular weight is 1870 g/mol. The summed E-state index contributed by atoms with van der Waals surface area (Å²) in [6.07, 6.45) is 12.4. The van der Waals surface area contributed by atoms with E-state index >= 15 is 0 Å². The maximum Gasteiger partial charge on any atom is 0.490 e. The van der Waals surface area contributed by atoms with Gasteiger partial charge in [-0.05, 0) is 241 Å². The monoisotopic (exact) mass is 1870 g/mol. The first-order valence-electron chi connectivity index (χ1n) is 46.9. The lowest BCUT2D eigenvalue weighted by molar-refractivity contribution is -0.192. The predicted molar refractivity (Wildman–Crippen MR) is 504 cm³/mol. The number of nitrogens with two attached hydrogens (primary N) is 1. The van der Waals surface area contributed by atoms with E-state index in [4.69, 9.17) is 34.6 Å². The second-order valence-electron chi connectivity index (χ2n) is 36.1. The van der Waals surface area contributed by atoms with Crippen LogP contribution >= 0.6 is 0 Å². The lowest BCUT2D eigenvalue weighted by Gasteiger charge is -2.21. The zero-order valence-corrected chi connectivity index (χ0v) is 82.3. The molecule has 2 saturated heterocycles. The van der Waals surface area contributed by atoms with Gasteiger partial charge in [0.2, 0.25) is 17.7 Å². The molecule has 2 fully saturated rings. The summed E-state index contributed by atoms with van der Waals surface area (Å²) in [4.78, 5) is 163. The summed E-state index contributed by atoms with van der Waals surface area (Å²) in [7, 11) is 0. The van der Waals surface area contributed by atoms with Gasteiger partial charge in [0.25, 0.3) is 0 Å². The molecule has 9 amide bonds. The van der Waals surface area contributed by atoms with Crippen LogP contribution < -0.4 is 53.6 Å². The highest BCUT2D eigenvalue weighted by molar-refractivity contribution is 5.96. The lowest BCUT2D eigenvalue weighted by atomic mass is 9.86. The van der Waals surface area contributed by atoms with Crippen LogP contribution in [0.5, 0.6) is 0 Å². The number of carbonyl (C=O) groups is 14. The number of alkyl carbamates (subject to hydrolysis) is 6. The number of carbonyl (C=O) groups excluding carboxylic acids is 13. The van der Waals surface area contributed by atoms with Gasteiger partial charge >= 0.3 is 60.6 Å². The van der Waals surface area contributed by atoms with Gasteiger partial charge in [-0.1, -0.05) is 165 Å². The van der Waals surface area contributed by atoms with Gasteiger partial charge in [0.1, 0.15) is 46.1 Å². The fourth-order valence-electron chi connectivity index (χ4n) is 12.4. The number of alkyl halides is 3. The van der Waals surface area contributed by atoms with E-state index in [1.165, 1.54) is 24.0 Å². The zero-order valence-electron chi connectivity index (χ0n) is 82.3. The zero-order chi connectivity index (χ0) is 100. The minimum absolute atomic E-state index is 0.0299. The number of Topliss-reactive ketones (excluding diaryl/α,β-unsaturated/α-hetero) is 2. The van der Waals surface area contributed by atoms with Crippen LogP contribution in [-0.4, -0.2) is 182 Å². The van der Waals surface area contributed by atoms with Crippen LogP contribution in [0.4, 0.5) is 41.9 Å². The van der Waals surface area contributed by atoms with E-state index in [9.17, 15) is 75.5 Å². The minimum Gasteiger partial charge on any atom is -0.475 e. The average Bonchev–Trinajstić information content (AvgIpc) is 1.68. The number of aryl methyl sites for hydroxylation is 3. The standard InChI is InChI=1S/2C27H44N2O4.C16H32N2O3.C11H18N2O5.C11H11NO3.C4H11N.C2HF3O2/c2*1-6-8-18-28-25(31)23(15-12-19-29-26(32)33-27(3,4)5)20-24(30)22(7-2)17-16-21-13-10-9-11-14-21;1-6-8-11-17-14(19)13(7-2)10-9-12-18-15(20)21-16(3,4)5;1-11(2,3)18-9(15)12-6-4-5-7-8(14)17-10(16)13-7;13-10-9(12-11(14)15-10)7-6-8-4-2-1-3-5-8;1-2-3-4-5;3-2(4,5)1(6)7/h2*9-11,13-14,22-23H,6-8,12,15-20H2,1-5H3,(H,28,31)(H,29,32);13H,6-12H2,1-5H3,(H,17,19)(H,18,20);7H,4-6H2,1-3H3,(H,12,15)(H,13,16);1-5,9H,6-7H2,(H,12,14);2-5H2,1H3;(H,6,7)/t2*22-,23+;13-;7-;9-;;/m00000../s1. The Hall–Kier alpha value is -10.4. The first kappa shape index (κ1) is 124. The van der Waals surface area contributed by atoms with E-state index in [1.807, 2.05) is 150 Å². The molecule has 34 heteroatoms. The maximum absolute atomic E-state index is 13.1. The Balaban J connectivity index is 0. The van der Waals surface area contributed by atoms with E-state index in [2.05, 4.69) is 109 Å². The molecule has 31 nitrogen and oxygen atoms in total. The quantitative estimate of drug-likeness (QED) is 0.0108. The van der Waals surface area contributed by atoms with E-state index < -0.39 is 95.1 Å². The lowest BCUT2D eigenvalue weighted by Crippen LogP contribution is -2.35. The van der Waals surface area contributed by atoms with Crippen molar-refractivity contribution in [1.82, 2.24) is 47.9 Å². The van der Waals surface area contributed by atoms with E-state index in [0.717, 1.165) is 121 Å². The second-order valence-corrected chi connectivity index (χ2v) is 36.1. The molecule has 0 spiro atoms. The number of rotatable bonds is 48. The topological polar surface area (TPSA) is 449 Å². The van der Waals surface area contributed by atoms with E-state index in [-0.39, 0.29) is 71.7 Å². The Kier molecular flexibility index (Phi) is 65.9. The number of aliphatic carboxylic acids is 1. The van der Waals surface area contributed by atoms with Gasteiger partial charge in [-0.25, -0.2) is 43.2 Å². The van der Waals surface area contributed by atoms with Gasteiger partial charge < -0.3 is 87.1 Å². The number of nitrogens with one attached hydrogen (secondary N) is 9. The van der Waals surface area contributed by atoms with Crippen LogP contribution in [0.3, 0.4) is 0 Å². The molecule has 5 rings (SSSR count). The Morgan fingerprint density at radius 2 is 0.636 bits per heavy atom. The summed E-state index contributed by atoms with van der Waals surface area (Å²) >= 11 is 0. The molecule has 2 aliphatic rings. The molecule has 0 aliphatic carbocycles. The van der Waals surface area contributed by atoms with Crippen LogP contribution in [0.1, 0.15) is 302 Å². The van der Waals surface area contributed by atoms with Crippen molar-refractivity contribution in [2.75, 3.05) is 52.4 Å². The second kappa shape index (κ2) is 70.3. The van der Waals surface area contributed by atoms with Crippen molar-refractivity contribution in [3.63, 3.8) is 0 Å². The number of carboxylic acids is 1. The molecule has 0 saturated carbocycles. The third-order valence-corrected chi connectivity index (χ3v) is 19.6. The molecule has 0 unspecified atom stereocenters. The summed E-state index contributed by atoms with van der Waals surface area (Å²) in [5.74, 6) is -4.30. The predicted octanol–water partition coefficient (Wildman–Crippen LogP) is 17.7. The Labute approximate surface area is 782 Å². The number of amides is 9. The first-order valence-corrected chi connectivity index (χ1v) is 46.9. The van der Waals surface area contributed by atoms with Crippen LogP contribution in [0, 0.1) is 29.6 Å². The third-order valence-electron chi connectivity index (χ3n) is 19.6. The van der Waals surface area contributed by atoms with Crippen molar-refractivity contribution in [2.24, 2.45) is 35.3 Å². The van der Waals surface area contributed by atoms with Crippen molar-refractivity contribution < 1.29 is 114 Å². The summed E-state index contributed by atoms with van der Waals surface area (Å²) < 4.78 is 61.1. The highest BCUT2D eigenvalue weighted by Crippen LogP contribution is 2.25. The van der Waals surface area contributed by atoms with Gasteiger partial charge in [-0.2, -0.15) is 13.2 Å². The van der Waals surface area contributed by atoms with Crippen molar-refractivity contribution in [3.8, 4) is 0 Å². The van der Waals surface area contributed by atoms with Crippen LogP contribution in [0.2, 0.25) is 0 Å². The molecule has 0 aromatic heterocycles. The first-order chi connectivity index (χ1) is 62.0. The maximum atomic E-state index is 13.1. The minimum atomic E-state index is -5.08. The molecular formula is C98H161F3N10O21. The van der Waals surface area contributed by atoms with E-state index in [0.29, 0.717) is 84.2 Å². The number of hydrogen-bond acceptors (Lipinski definition) is 21. The number of unbranched alkanes of at least 4 members (excludes halogenated alkanes) is 4. The number of halogens is 3. The molecule has 2 aliphatic heterocycles. The van der Waals surface area contributed by atoms with Crippen LogP contribution in [0.15, 0.2) is 91.0 Å². The molecular weight excluding hydrogens is 1710 g/mol. The molecule has 3 aromatic rings. The Morgan fingerprint density at radius 1 is 0.371 bits per heavy atom. The fraction of sp³-hybridized carbons (Fsp3) is 0.673. The van der Waals surface area contributed by atoms with Crippen molar-refractivity contribution in [1.29, 1.82) is 0 Å². The number of ether oxygens (including phenoxy) is 6. The molecule has 132 heavy (non-hydrogen) atoms. The normalized spacial score (nSPS) is 14.4. The smallest absolute Gasteiger partial charge is 0.475 e. The van der Waals surface area contributed by atoms with Gasteiger partial charge in [0.15, 0.2) is 0 Å². The summed E-state index contributed by atoms with van der Waals surface area (Å²) in [5.41, 5.74) is 6.63. The highest BCUT2D eigenvalue weighted by atomic mass is 19.4. The number of cyclic esters (lactones) is 4. The fourth-order valence-corrected chi connectivity index (χ4v) is 12.4. The number of hydrogen-bond donors (Lipinski definition) is 11. The van der Waals surface area contributed by atoms with Gasteiger partial charge in [-0.3, -0.25) is 24.0 Å². The largest absolute Gasteiger partial charge is 0.490 e. The molecule has 0 bridgehead atoms. The SMILES string of the molecule is CC(C)(C)OC(=O)NCCC[C@@H]1NC(=O)OC1=O.CCCCN.CCCCNC(=O)[C@@H](CC)CCCNC(=O)OC(C)(C)C.CCCCNC(=O)[C@H](CCCNC(=O)OC(C)(C)C)CC(=O)[C@@H](CC)CCc1ccccc1.CCCCNC(=O)[C@H](CCCNC(=O)OC(C)(C)C)CC(=O)[C@@H](CC)CCc1ccccc1.O=C(O)C(F)(F)F.O=C1N[C@@H](CCc2ccccc2)C(=O)O1. The van der Waals surface area contributed by atoms with E-state index in [1.54, 1.807) is 20.8 Å². The van der Waals surface area contributed by atoms with Crippen LogP contribution in [-0.2, 0) is 86.0 Å². The third kappa shape index (κ3) is 67.7. The molecule has 750 valence electrons. The summed E-state index contributed by atoms with van der Waals surface area (Å²) in [6.45, 7) is 40.8. The highest BCUT2D eigenvalue weighted by Gasteiger charge is 2.39. The Bertz CT molecular complexity index is 3660. The molecule has 7 atom stereocenters. The summed E-state index contributed by atoms with van der Waals surface area (Å²) in [5, 5.41) is 31.6. The molecule has 2 heterocycles. The van der Waals surface area contributed by atoms with Crippen LogP contribution in [0.25, 0.3) is 0 Å². The number of esters is 2. The number of carboxylic acid groups (broad SMARTS) is 1. The van der Waals surface area contributed by atoms with Gasteiger partial charge in [0.05, 0.1) is 0 Å². The number of ketones is 2. The van der Waals surface area contributed by atoms with Crippen molar-refractivity contribution in [2.45, 2.75) is 346 Å². The van der Waals surface area contributed by atoms with Crippen molar-refractivity contribution >= 4 is 83.8 Å². The Morgan fingerprint density at radius 3 is 0.886 bits per heavy atom. The van der Waals surface area contributed by atoms with Gasteiger partial charge in [0, 0.05) is 88.2 Å². The van der Waals surface area contributed by atoms with Crippen molar-refractivity contribution in [3.05, 3.63) is 108 Å². The molecule has 0 radical (unpaired) electrons. The molecule has 12 N–H and O–H groups in total. The van der Waals surface area contributed by atoms with Gasteiger partial charge in [-0.15, -0.1) is 0 Å². The number of benzene rings is 3.